The Morgan fingerprint density at radius 3 is 2.03 bits per heavy atom. The maximum atomic E-state index is 12.7. The van der Waals surface area contributed by atoms with Crippen LogP contribution in [-0.4, -0.2) is 48.4 Å². The minimum atomic E-state index is 0.0192. The molecule has 1 saturated heterocycles. The zero-order valence-electron chi connectivity index (χ0n) is 17.4. The van der Waals surface area contributed by atoms with Crippen LogP contribution in [0.3, 0.4) is 0 Å². The molecular formula is C25H29N3O2. The second-order valence-corrected chi connectivity index (χ2v) is 7.76. The summed E-state index contributed by atoms with van der Waals surface area (Å²) in [5, 5.41) is 3.27. The lowest BCUT2D eigenvalue weighted by molar-refractivity contribution is -0.132. The molecule has 2 aromatic carbocycles. The van der Waals surface area contributed by atoms with Crippen molar-refractivity contribution in [3.05, 3.63) is 95.9 Å². The molecule has 5 nitrogen and oxygen atoms in total. The Morgan fingerprint density at radius 1 is 0.900 bits per heavy atom. The number of piperazine rings is 1. The van der Waals surface area contributed by atoms with Crippen LogP contribution >= 0.6 is 0 Å². The highest BCUT2D eigenvalue weighted by atomic mass is 16.3. The fourth-order valence-electron chi connectivity index (χ4n) is 4.10. The monoisotopic (exact) mass is 403 g/mol. The molecule has 0 saturated carbocycles. The Kier molecular flexibility index (Phi) is 6.62. The van der Waals surface area contributed by atoms with Crippen LogP contribution in [0.15, 0.2) is 83.5 Å². The van der Waals surface area contributed by atoms with E-state index in [4.69, 9.17) is 4.42 Å². The van der Waals surface area contributed by atoms with Gasteiger partial charge in [-0.3, -0.25) is 15.0 Å². The molecule has 1 atom stereocenters. The van der Waals surface area contributed by atoms with Crippen LogP contribution in [0.5, 0.6) is 0 Å². The number of carbonyl (C=O) groups excluding carboxylic acids is 1. The number of benzene rings is 2. The molecule has 156 valence electrons. The van der Waals surface area contributed by atoms with E-state index in [2.05, 4.69) is 70.9 Å². The first-order valence-corrected chi connectivity index (χ1v) is 10.6. The van der Waals surface area contributed by atoms with Gasteiger partial charge in [0.25, 0.3) is 0 Å². The van der Waals surface area contributed by atoms with E-state index in [0.29, 0.717) is 6.54 Å². The van der Waals surface area contributed by atoms with Gasteiger partial charge in [0.15, 0.2) is 0 Å². The lowest BCUT2D eigenvalue weighted by Crippen LogP contribution is -2.51. The van der Waals surface area contributed by atoms with Crippen molar-refractivity contribution in [3.63, 3.8) is 0 Å². The second-order valence-electron chi connectivity index (χ2n) is 7.76. The van der Waals surface area contributed by atoms with Crippen molar-refractivity contribution in [1.29, 1.82) is 0 Å². The van der Waals surface area contributed by atoms with Crippen LogP contribution in [0.2, 0.25) is 0 Å². The van der Waals surface area contributed by atoms with Crippen molar-refractivity contribution in [2.75, 3.05) is 32.7 Å². The molecule has 30 heavy (non-hydrogen) atoms. The van der Waals surface area contributed by atoms with Gasteiger partial charge in [0.1, 0.15) is 5.76 Å². The summed E-state index contributed by atoms with van der Waals surface area (Å²) in [6.07, 6.45) is 1.66. The summed E-state index contributed by atoms with van der Waals surface area (Å²) in [6.45, 7) is 5.52. The standard InChI is InChI=1S/C25H29N3O2/c1-20(23-13-8-18-30-23)26-19-24(29)27-14-16-28(17-15-27)25(21-9-4-2-5-10-21)22-11-6-3-7-12-22/h2-13,18,20,25-26H,14-17,19H2,1H3/t20-/m1/s1. The molecule has 0 bridgehead atoms. The van der Waals surface area contributed by atoms with Gasteiger partial charge in [0, 0.05) is 26.2 Å². The molecule has 1 fully saturated rings. The van der Waals surface area contributed by atoms with E-state index in [-0.39, 0.29) is 18.0 Å². The summed E-state index contributed by atoms with van der Waals surface area (Å²) in [5.41, 5.74) is 2.58. The zero-order valence-corrected chi connectivity index (χ0v) is 17.4. The number of nitrogens with zero attached hydrogens (tertiary/aromatic N) is 2. The zero-order chi connectivity index (χ0) is 20.8. The summed E-state index contributed by atoms with van der Waals surface area (Å²) >= 11 is 0. The highest BCUT2D eigenvalue weighted by Crippen LogP contribution is 2.29. The van der Waals surface area contributed by atoms with Crippen LogP contribution in [0.1, 0.15) is 35.9 Å². The molecule has 0 spiro atoms. The fourth-order valence-corrected chi connectivity index (χ4v) is 4.10. The van der Waals surface area contributed by atoms with Gasteiger partial charge < -0.3 is 9.32 Å². The van der Waals surface area contributed by atoms with Crippen LogP contribution in [-0.2, 0) is 4.79 Å². The van der Waals surface area contributed by atoms with Crippen molar-refractivity contribution in [3.8, 4) is 0 Å². The molecule has 0 aliphatic carbocycles. The van der Waals surface area contributed by atoms with Gasteiger partial charge in [-0.05, 0) is 30.2 Å². The minimum Gasteiger partial charge on any atom is -0.468 e. The Labute approximate surface area is 178 Å². The van der Waals surface area contributed by atoms with E-state index in [1.54, 1.807) is 6.26 Å². The molecule has 2 heterocycles. The number of nitrogens with one attached hydrogen (secondary N) is 1. The highest BCUT2D eigenvalue weighted by molar-refractivity contribution is 5.78. The third-order valence-corrected chi connectivity index (χ3v) is 5.79. The second kappa shape index (κ2) is 9.74. The molecule has 1 N–H and O–H groups in total. The first-order chi connectivity index (χ1) is 14.7. The largest absolute Gasteiger partial charge is 0.468 e. The third-order valence-electron chi connectivity index (χ3n) is 5.79. The Balaban J connectivity index is 1.37. The average molecular weight is 404 g/mol. The van der Waals surface area contributed by atoms with E-state index in [1.807, 2.05) is 24.0 Å². The predicted molar refractivity (Wildman–Crippen MR) is 118 cm³/mol. The lowest BCUT2D eigenvalue weighted by atomic mass is 9.96. The van der Waals surface area contributed by atoms with E-state index in [9.17, 15) is 4.79 Å². The first kappa shape index (κ1) is 20.4. The summed E-state index contributed by atoms with van der Waals surface area (Å²) in [5.74, 6) is 0.991. The molecule has 1 aromatic heterocycles. The maximum absolute atomic E-state index is 12.7. The summed E-state index contributed by atoms with van der Waals surface area (Å²) in [6, 6.07) is 25.3. The number of carbonyl (C=O) groups is 1. The number of furan rings is 1. The highest BCUT2D eigenvalue weighted by Gasteiger charge is 2.28. The maximum Gasteiger partial charge on any atom is 0.236 e. The van der Waals surface area contributed by atoms with Crippen LogP contribution in [0, 0.1) is 0 Å². The summed E-state index contributed by atoms with van der Waals surface area (Å²) < 4.78 is 5.40. The van der Waals surface area contributed by atoms with E-state index < -0.39 is 0 Å². The minimum absolute atomic E-state index is 0.0192. The van der Waals surface area contributed by atoms with E-state index >= 15 is 0 Å². The quantitative estimate of drug-likeness (QED) is 0.651. The normalized spacial score (nSPS) is 16.0. The van der Waals surface area contributed by atoms with Crippen molar-refractivity contribution < 1.29 is 9.21 Å². The van der Waals surface area contributed by atoms with Crippen molar-refractivity contribution >= 4 is 5.91 Å². The summed E-state index contributed by atoms with van der Waals surface area (Å²) in [4.78, 5) is 17.1. The van der Waals surface area contributed by atoms with Crippen LogP contribution in [0.25, 0.3) is 0 Å². The van der Waals surface area contributed by atoms with Crippen molar-refractivity contribution in [2.24, 2.45) is 0 Å². The topological polar surface area (TPSA) is 48.7 Å². The van der Waals surface area contributed by atoms with Gasteiger partial charge in [0.2, 0.25) is 5.91 Å². The Hall–Kier alpha value is -2.89. The molecule has 0 unspecified atom stereocenters. The molecule has 1 aliphatic heterocycles. The molecule has 3 aromatic rings. The molecule has 5 heteroatoms. The first-order valence-electron chi connectivity index (χ1n) is 10.6. The van der Waals surface area contributed by atoms with Gasteiger partial charge >= 0.3 is 0 Å². The number of hydrogen-bond acceptors (Lipinski definition) is 4. The summed E-state index contributed by atoms with van der Waals surface area (Å²) in [7, 11) is 0. The van der Waals surface area contributed by atoms with Gasteiger partial charge in [-0.15, -0.1) is 0 Å². The van der Waals surface area contributed by atoms with Gasteiger partial charge in [-0.2, -0.15) is 0 Å². The number of hydrogen-bond donors (Lipinski definition) is 1. The molecule has 0 radical (unpaired) electrons. The molecular weight excluding hydrogens is 374 g/mol. The molecule has 1 aliphatic rings. The van der Waals surface area contributed by atoms with Crippen molar-refractivity contribution in [1.82, 2.24) is 15.1 Å². The predicted octanol–water partition coefficient (Wildman–Crippen LogP) is 3.86. The van der Waals surface area contributed by atoms with Crippen LogP contribution < -0.4 is 5.32 Å². The molecule has 4 rings (SSSR count). The van der Waals surface area contributed by atoms with Gasteiger partial charge in [-0.25, -0.2) is 0 Å². The number of amides is 1. The smallest absolute Gasteiger partial charge is 0.236 e. The Bertz CT molecular complexity index is 865. The average Bonchev–Trinajstić information content (AvgIpc) is 3.35. The van der Waals surface area contributed by atoms with Gasteiger partial charge in [0.05, 0.1) is 24.9 Å². The van der Waals surface area contributed by atoms with Crippen LogP contribution in [0.4, 0.5) is 0 Å². The number of rotatable bonds is 7. The SMILES string of the molecule is C[C@@H](NCC(=O)N1CCN(C(c2ccccc2)c2ccccc2)CC1)c1ccco1. The van der Waals surface area contributed by atoms with E-state index in [0.717, 1.165) is 31.9 Å². The molecule has 1 amide bonds. The van der Waals surface area contributed by atoms with E-state index in [1.165, 1.54) is 11.1 Å². The Morgan fingerprint density at radius 2 is 1.50 bits per heavy atom. The van der Waals surface area contributed by atoms with Crippen molar-refractivity contribution in [2.45, 2.75) is 19.0 Å². The third kappa shape index (κ3) is 4.81. The lowest BCUT2D eigenvalue weighted by Gasteiger charge is -2.40. The van der Waals surface area contributed by atoms with Gasteiger partial charge in [-0.1, -0.05) is 60.7 Å². The fraction of sp³-hybridized carbons (Fsp3) is 0.320.